The molecule has 18 heteroatoms. The molecule has 2 fully saturated rings. The topological polar surface area (TPSA) is 202 Å². The number of amides is 2. The summed E-state index contributed by atoms with van der Waals surface area (Å²) in [7, 11) is 1.65. The van der Waals surface area contributed by atoms with Crippen LogP contribution in [0.25, 0.3) is 0 Å². The summed E-state index contributed by atoms with van der Waals surface area (Å²) in [5, 5.41) is 41.8. The molecule has 2 atom stereocenters. The summed E-state index contributed by atoms with van der Waals surface area (Å²) in [6, 6.07) is 4.73. The molecule has 210 valence electrons. The van der Waals surface area contributed by atoms with Gasteiger partial charge in [0.2, 0.25) is 0 Å². The summed E-state index contributed by atoms with van der Waals surface area (Å²) < 4.78 is 0. The summed E-state index contributed by atoms with van der Waals surface area (Å²) >= 11 is 2.49. The number of carbonyl (C=O) groups is 4. The lowest BCUT2D eigenvalue weighted by Crippen LogP contribution is -2.42. The number of carbonyl (C=O) groups excluding carboxylic acids is 2. The van der Waals surface area contributed by atoms with Gasteiger partial charge in [-0.25, -0.2) is 9.59 Å². The molecule has 2 saturated heterocycles. The fourth-order valence-electron chi connectivity index (χ4n) is 3.83. The molecule has 40 heavy (non-hydrogen) atoms. The first-order valence-electron chi connectivity index (χ1n) is 11.1. The second kappa shape index (κ2) is 12.4. The molecule has 0 aromatic heterocycles. The number of non-ortho nitro benzene ring substituents is 2. The molecule has 2 aliphatic heterocycles. The summed E-state index contributed by atoms with van der Waals surface area (Å²) in [4.78, 5) is 73.8. The molecule has 2 amide bonds. The van der Waals surface area contributed by atoms with E-state index in [2.05, 4.69) is 0 Å². The lowest BCUT2D eigenvalue weighted by atomic mass is 10.1. The van der Waals surface area contributed by atoms with Gasteiger partial charge in [0.1, 0.15) is 12.1 Å². The number of nitro benzene ring substituents is 2. The molecule has 2 heterocycles. The Bertz CT molecular complexity index is 1320. The van der Waals surface area contributed by atoms with Gasteiger partial charge in [0.05, 0.1) is 32.7 Å². The van der Waals surface area contributed by atoms with Crippen molar-refractivity contribution in [1.82, 2.24) is 9.80 Å². The first-order chi connectivity index (χ1) is 19.0. The van der Waals surface area contributed by atoms with Crippen LogP contribution in [0.5, 0.6) is 0 Å². The number of benzene rings is 2. The highest BCUT2D eigenvalue weighted by Crippen LogP contribution is 2.44. The highest BCUT2D eigenvalue weighted by molar-refractivity contribution is 8.76. The molecule has 0 aliphatic carbocycles. The van der Waals surface area contributed by atoms with Gasteiger partial charge in [0.15, 0.2) is 0 Å². The van der Waals surface area contributed by atoms with Crippen LogP contribution in [0.4, 0.5) is 11.4 Å². The summed E-state index contributed by atoms with van der Waals surface area (Å²) in [6.45, 7) is 0. The van der Waals surface area contributed by atoms with Crippen molar-refractivity contribution < 1.29 is 39.2 Å². The van der Waals surface area contributed by atoms with E-state index in [1.165, 1.54) is 35.7 Å². The predicted molar refractivity (Wildman–Crippen MR) is 148 cm³/mol. The fourth-order valence-corrected chi connectivity index (χ4v) is 8.50. The molecule has 0 spiro atoms. The van der Waals surface area contributed by atoms with Crippen molar-refractivity contribution in [3.63, 3.8) is 0 Å². The number of rotatable bonds is 9. The lowest BCUT2D eigenvalue weighted by molar-refractivity contribution is -0.385. The van der Waals surface area contributed by atoms with E-state index in [0.29, 0.717) is 0 Å². The Morgan fingerprint density at radius 1 is 0.750 bits per heavy atom. The van der Waals surface area contributed by atoms with Crippen molar-refractivity contribution in [3.05, 3.63) is 67.8 Å². The van der Waals surface area contributed by atoms with Crippen LogP contribution in [0.15, 0.2) is 46.2 Å². The van der Waals surface area contributed by atoms with Crippen LogP contribution in [0.2, 0.25) is 0 Å². The zero-order chi connectivity index (χ0) is 29.1. The van der Waals surface area contributed by atoms with Gasteiger partial charge in [-0.1, -0.05) is 21.6 Å². The first kappa shape index (κ1) is 29.5. The zero-order valence-corrected chi connectivity index (χ0v) is 23.3. The average Bonchev–Trinajstić information content (AvgIpc) is 3.61. The quantitative estimate of drug-likeness (QED) is 0.232. The first-order valence-corrected chi connectivity index (χ1v) is 15.6. The Labute approximate surface area is 241 Å². The third-order valence-electron chi connectivity index (χ3n) is 5.89. The highest BCUT2D eigenvalue weighted by Gasteiger charge is 2.37. The molecule has 0 radical (unpaired) electrons. The molecule has 2 aliphatic rings. The number of hydrogen-bond donors (Lipinski definition) is 2. The predicted octanol–water partition coefficient (Wildman–Crippen LogP) is 3.50. The minimum Gasteiger partial charge on any atom is -0.480 e. The Morgan fingerprint density at radius 3 is 1.45 bits per heavy atom. The lowest BCUT2D eigenvalue weighted by Gasteiger charge is -2.22. The van der Waals surface area contributed by atoms with Crippen LogP contribution in [-0.2, 0) is 9.59 Å². The van der Waals surface area contributed by atoms with Gasteiger partial charge < -0.3 is 20.0 Å². The number of carboxylic acids is 2. The second-order valence-corrected chi connectivity index (χ2v) is 12.5. The number of carboxylic acid groups (broad SMARTS) is 2. The normalized spacial score (nSPS) is 18.5. The number of thioether (sulfide) groups is 2. The molecule has 0 bridgehead atoms. The molecule has 0 saturated carbocycles. The second-order valence-electron chi connectivity index (χ2n) is 8.30. The van der Waals surface area contributed by atoms with Gasteiger partial charge in [0, 0.05) is 45.6 Å². The van der Waals surface area contributed by atoms with Crippen molar-refractivity contribution >= 4 is 80.2 Å². The van der Waals surface area contributed by atoms with Crippen molar-refractivity contribution in [3.8, 4) is 0 Å². The van der Waals surface area contributed by atoms with E-state index in [1.54, 1.807) is 0 Å². The van der Waals surface area contributed by atoms with Crippen LogP contribution >= 0.6 is 45.1 Å². The minimum absolute atomic E-state index is 0.0166. The summed E-state index contributed by atoms with van der Waals surface area (Å²) in [5.41, 5.74) is -0.730. The van der Waals surface area contributed by atoms with E-state index in [-0.39, 0.29) is 55.6 Å². The van der Waals surface area contributed by atoms with Crippen LogP contribution in [0.3, 0.4) is 0 Å². The zero-order valence-electron chi connectivity index (χ0n) is 20.0. The monoisotopic (exact) mass is 626 g/mol. The van der Waals surface area contributed by atoms with E-state index in [1.807, 2.05) is 0 Å². The van der Waals surface area contributed by atoms with Crippen molar-refractivity contribution in [1.29, 1.82) is 0 Å². The third kappa shape index (κ3) is 6.13. The maximum Gasteiger partial charge on any atom is 0.327 e. The third-order valence-corrected chi connectivity index (χ3v) is 10.4. The molecular weight excluding hydrogens is 609 g/mol. The van der Waals surface area contributed by atoms with Crippen LogP contribution in [-0.4, -0.2) is 89.0 Å². The van der Waals surface area contributed by atoms with Crippen LogP contribution < -0.4 is 0 Å². The summed E-state index contributed by atoms with van der Waals surface area (Å²) in [6.07, 6.45) is 0. The maximum absolute atomic E-state index is 13.3. The van der Waals surface area contributed by atoms with Gasteiger partial charge in [-0.05, 0) is 12.1 Å². The largest absolute Gasteiger partial charge is 0.480 e. The Kier molecular flexibility index (Phi) is 9.12. The standard InChI is InChI=1S/C22H18N4O10S4/c27-19(23-9-37-7-15(23)21(29)30)13-3-1-11(25(33)34)5-17(13)39-40-18-6-12(26(35)36)2-4-14(18)20(28)24-10-38-8-16(24)22(31)32/h1-6,15-16H,7-10H2,(H,29,30)(H,31,32). The van der Waals surface area contributed by atoms with Crippen molar-refractivity contribution in [2.75, 3.05) is 23.3 Å². The smallest absolute Gasteiger partial charge is 0.327 e. The number of aliphatic carboxylic acids is 2. The summed E-state index contributed by atoms with van der Waals surface area (Å²) in [5.74, 6) is -3.15. The SMILES string of the molecule is O=C(O)C1CSCN1C(=O)c1ccc([N+](=O)[O-])cc1SSc1cc([N+](=O)[O-])ccc1C(=O)N1CSCC1C(=O)O. The molecule has 2 aromatic carbocycles. The van der Waals surface area contributed by atoms with Crippen molar-refractivity contribution in [2.24, 2.45) is 0 Å². The van der Waals surface area contributed by atoms with E-state index < -0.39 is 45.7 Å². The Balaban J connectivity index is 1.69. The van der Waals surface area contributed by atoms with Crippen LogP contribution in [0.1, 0.15) is 20.7 Å². The molecule has 2 N–H and O–H groups in total. The van der Waals surface area contributed by atoms with E-state index in [0.717, 1.165) is 55.7 Å². The van der Waals surface area contributed by atoms with Gasteiger partial charge in [-0.15, -0.1) is 23.5 Å². The van der Waals surface area contributed by atoms with E-state index in [4.69, 9.17) is 0 Å². The number of nitrogens with zero attached hydrogens (tertiary/aromatic N) is 4. The van der Waals surface area contributed by atoms with E-state index in [9.17, 15) is 49.6 Å². The molecular formula is C22H18N4O10S4. The van der Waals surface area contributed by atoms with E-state index >= 15 is 0 Å². The highest BCUT2D eigenvalue weighted by atomic mass is 33.1. The molecule has 14 nitrogen and oxygen atoms in total. The van der Waals surface area contributed by atoms with Crippen LogP contribution in [0, 0.1) is 20.2 Å². The molecule has 2 aromatic rings. The minimum atomic E-state index is -1.19. The Morgan fingerprint density at radius 2 is 1.12 bits per heavy atom. The molecule has 4 rings (SSSR count). The van der Waals surface area contributed by atoms with Gasteiger partial charge in [-0.3, -0.25) is 29.8 Å². The Hall–Kier alpha value is -3.48. The number of nitro groups is 2. The average molecular weight is 627 g/mol. The van der Waals surface area contributed by atoms with Crippen molar-refractivity contribution in [2.45, 2.75) is 21.9 Å². The van der Waals surface area contributed by atoms with Gasteiger partial charge in [-0.2, -0.15) is 0 Å². The maximum atomic E-state index is 13.3. The number of hydrogen-bond acceptors (Lipinski definition) is 12. The van der Waals surface area contributed by atoms with Gasteiger partial charge >= 0.3 is 11.9 Å². The van der Waals surface area contributed by atoms with Gasteiger partial charge in [0.25, 0.3) is 23.2 Å². The molecule has 2 unspecified atom stereocenters. The fraction of sp³-hybridized carbons (Fsp3) is 0.273.